The molecule has 0 saturated heterocycles. The van der Waals surface area contributed by atoms with E-state index in [9.17, 15) is 4.79 Å². The third-order valence-electron chi connectivity index (χ3n) is 4.90. The van der Waals surface area contributed by atoms with Gasteiger partial charge in [-0.2, -0.15) is 0 Å². The van der Waals surface area contributed by atoms with Crippen molar-refractivity contribution in [2.45, 2.75) is 65.3 Å². The Morgan fingerprint density at radius 3 is 1.95 bits per heavy atom. The second-order valence-electron chi connectivity index (χ2n) is 7.30. The third-order valence-corrected chi connectivity index (χ3v) is 5.92. The van der Waals surface area contributed by atoms with Crippen LogP contribution in [0.1, 0.15) is 59.8 Å². The van der Waals surface area contributed by atoms with Crippen molar-refractivity contribution in [3.05, 3.63) is 0 Å². The van der Waals surface area contributed by atoms with E-state index in [1.165, 1.54) is 0 Å². The molecular formula is C16H29Cl2NO. The lowest BCUT2D eigenvalue weighted by Crippen LogP contribution is -2.53. The molecule has 1 saturated carbocycles. The lowest BCUT2D eigenvalue weighted by molar-refractivity contribution is -0.128. The molecule has 0 heterocycles. The van der Waals surface area contributed by atoms with Gasteiger partial charge in [-0.15, -0.1) is 23.2 Å². The van der Waals surface area contributed by atoms with E-state index >= 15 is 0 Å². The first-order valence-corrected chi connectivity index (χ1v) is 8.79. The smallest absolute Gasteiger partial charge is 0.223 e. The maximum absolute atomic E-state index is 12.4. The predicted molar refractivity (Wildman–Crippen MR) is 87.5 cm³/mol. The fourth-order valence-electron chi connectivity index (χ4n) is 2.96. The first kappa shape index (κ1) is 18.1. The molecule has 1 N–H and O–H groups in total. The number of amides is 1. The first-order valence-electron chi connectivity index (χ1n) is 7.72. The highest BCUT2D eigenvalue weighted by Gasteiger charge is 2.35. The van der Waals surface area contributed by atoms with E-state index in [4.69, 9.17) is 23.2 Å². The van der Waals surface area contributed by atoms with Crippen molar-refractivity contribution in [3.63, 3.8) is 0 Å². The summed E-state index contributed by atoms with van der Waals surface area (Å²) >= 11 is 12.0. The standard InChI is InChI=1S/C16H29Cl2NO/c1-5-16(10-17,11-18)19-14(20)12-6-8-13(9-7-12)15(2,3)4/h12-13H,5-11H2,1-4H3,(H,19,20). The highest BCUT2D eigenvalue weighted by atomic mass is 35.5. The lowest BCUT2D eigenvalue weighted by atomic mass is 9.69. The van der Waals surface area contributed by atoms with Gasteiger partial charge in [0.1, 0.15) is 0 Å². The third kappa shape index (κ3) is 4.53. The summed E-state index contributed by atoms with van der Waals surface area (Å²) < 4.78 is 0. The van der Waals surface area contributed by atoms with Crippen molar-refractivity contribution in [1.29, 1.82) is 0 Å². The molecule has 1 rings (SSSR count). The topological polar surface area (TPSA) is 29.1 Å². The van der Waals surface area contributed by atoms with Crippen LogP contribution in [0.15, 0.2) is 0 Å². The molecule has 0 bridgehead atoms. The van der Waals surface area contributed by atoms with Gasteiger partial charge in [-0.25, -0.2) is 0 Å². The van der Waals surface area contributed by atoms with E-state index in [1.54, 1.807) is 0 Å². The lowest BCUT2D eigenvalue weighted by Gasteiger charge is -2.38. The summed E-state index contributed by atoms with van der Waals surface area (Å²) in [5, 5.41) is 3.10. The molecule has 0 aliphatic heterocycles. The minimum atomic E-state index is -0.443. The van der Waals surface area contributed by atoms with Crippen LogP contribution < -0.4 is 5.32 Å². The molecular weight excluding hydrogens is 293 g/mol. The second kappa shape index (κ2) is 7.35. The molecule has 0 spiro atoms. The van der Waals surface area contributed by atoms with Gasteiger partial charge in [0.05, 0.1) is 5.54 Å². The van der Waals surface area contributed by atoms with Crippen LogP contribution in [-0.4, -0.2) is 23.2 Å². The number of carbonyl (C=O) groups is 1. The molecule has 20 heavy (non-hydrogen) atoms. The van der Waals surface area contributed by atoms with Gasteiger partial charge in [-0.1, -0.05) is 27.7 Å². The molecule has 0 aromatic carbocycles. The van der Waals surface area contributed by atoms with Crippen LogP contribution in [0, 0.1) is 17.3 Å². The highest BCUT2D eigenvalue weighted by Crippen LogP contribution is 2.40. The molecule has 1 aliphatic carbocycles. The van der Waals surface area contributed by atoms with Gasteiger partial charge >= 0.3 is 0 Å². The molecule has 0 unspecified atom stereocenters. The summed E-state index contributed by atoms with van der Waals surface area (Å²) in [7, 11) is 0. The van der Waals surface area contributed by atoms with Crippen LogP contribution >= 0.6 is 23.2 Å². The number of rotatable bonds is 5. The molecule has 4 heteroatoms. The van der Waals surface area contributed by atoms with Gasteiger partial charge in [0, 0.05) is 17.7 Å². The van der Waals surface area contributed by atoms with Crippen LogP contribution in [0.2, 0.25) is 0 Å². The first-order chi connectivity index (χ1) is 9.28. The molecule has 0 aromatic heterocycles. The Kier molecular flexibility index (Phi) is 6.66. The largest absolute Gasteiger partial charge is 0.348 e. The highest BCUT2D eigenvalue weighted by molar-refractivity contribution is 6.22. The maximum Gasteiger partial charge on any atom is 0.223 e. The number of hydrogen-bond donors (Lipinski definition) is 1. The average Bonchev–Trinajstić information content (AvgIpc) is 2.44. The van der Waals surface area contributed by atoms with Gasteiger partial charge in [0.25, 0.3) is 0 Å². The van der Waals surface area contributed by atoms with Gasteiger partial charge in [0.2, 0.25) is 5.91 Å². The number of nitrogens with one attached hydrogen (secondary N) is 1. The fraction of sp³-hybridized carbons (Fsp3) is 0.938. The zero-order valence-corrected chi connectivity index (χ0v) is 14.8. The molecule has 1 fully saturated rings. The molecule has 1 aliphatic rings. The second-order valence-corrected chi connectivity index (χ2v) is 7.84. The number of halogens is 2. The number of alkyl halides is 2. The normalized spacial score (nSPS) is 24.5. The summed E-state index contributed by atoms with van der Waals surface area (Å²) in [6.07, 6.45) is 5.02. The Morgan fingerprint density at radius 2 is 1.60 bits per heavy atom. The quantitative estimate of drug-likeness (QED) is 0.738. The summed E-state index contributed by atoms with van der Waals surface area (Å²) in [6.45, 7) is 8.89. The Hall–Kier alpha value is 0.0500. The minimum Gasteiger partial charge on any atom is -0.348 e. The molecule has 0 atom stereocenters. The Balaban J connectivity index is 2.55. The Bertz CT molecular complexity index is 305. The number of hydrogen-bond acceptors (Lipinski definition) is 1. The molecule has 2 nitrogen and oxygen atoms in total. The Morgan fingerprint density at radius 1 is 1.10 bits per heavy atom. The number of carbonyl (C=O) groups excluding carboxylic acids is 1. The minimum absolute atomic E-state index is 0.131. The Labute approximate surface area is 134 Å². The van der Waals surface area contributed by atoms with Gasteiger partial charge < -0.3 is 5.32 Å². The molecule has 0 radical (unpaired) electrons. The fourth-order valence-corrected chi connectivity index (χ4v) is 3.76. The summed E-state index contributed by atoms with van der Waals surface area (Å²) in [5.41, 5.74) is -0.0953. The van der Waals surface area contributed by atoms with Crippen LogP contribution in [0.5, 0.6) is 0 Å². The van der Waals surface area contributed by atoms with Crippen molar-refractivity contribution in [3.8, 4) is 0 Å². The summed E-state index contributed by atoms with van der Waals surface area (Å²) in [6, 6.07) is 0. The van der Waals surface area contributed by atoms with Crippen molar-refractivity contribution < 1.29 is 4.79 Å². The monoisotopic (exact) mass is 321 g/mol. The SMILES string of the molecule is CCC(CCl)(CCl)NC(=O)C1CCC(C(C)(C)C)CC1. The molecule has 0 aromatic rings. The van der Waals surface area contributed by atoms with Crippen LogP contribution in [0.3, 0.4) is 0 Å². The van der Waals surface area contributed by atoms with Crippen molar-refractivity contribution >= 4 is 29.1 Å². The van der Waals surface area contributed by atoms with Crippen molar-refractivity contribution in [2.75, 3.05) is 11.8 Å². The zero-order valence-electron chi connectivity index (χ0n) is 13.3. The summed E-state index contributed by atoms with van der Waals surface area (Å²) in [4.78, 5) is 12.4. The zero-order chi connectivity index (χ0) is 15.4. The van der Waals surface area contributed by atoms with Crippen molar-refractivity contribution in [1.82, 2.24) is 5.32 Å². The van der Waals surface area contributed by atoms with E-state index in [0.717, 1.165) is 38.0 Å². The molecule has 1 amide bonds. The maximum atomic E-state index is 12.4. The average molecular weight is 322 g/mol. The van der Waals surface area contributed by atoms with E-state index in [2.05, 4.69) is 26.1 Å². The molecule has 118 valence electrons. The predicted octanol–water partition coefficient (Wildman–Crippen LogP) is 4.58. The van der Waals surface area contributed by atoms with E-state index < -0.39 is 5.54 Å². The van der Waals surface area contributed by atoms with Crippen LogP contribution in [-0.2, 0) is 4.79 Å². The van der Waals surface area contributed by atoms with Gasteiger partial charge in [-0.3, -0.25) is 4.79 Å². The van der Waals surface area contributed by atoms with E-state index in [-0.39, 0.29) is 11.8 Å². The van der Waals surface area contributed by atoms with Gasteiger partial charge in [-0.05, 0) is 43.4 Å². The van der Waals surface area contributed by atoms with Crippen LogP contribution in [0.25, 0.3) is 0 Å². The summed E-state index contributed by atoms with van der Waals surface area (Å²) in [5.74, 6) is 1.74. The van der Waals surface area contributed by atoms with Crippen LogP contribution in [0.4, 0.5) is 0 Å². The van der Waals surface area contributed by atoms with Crippen molar-refractivity contribution in [2.24, 2.45) is 17.3 Å². The van der Waals surface area contributed by atoms with Gasteiger partial charge in [0.15, 0.2) is 0 Å². The van der Waals surface area contributed by atoms with E-state index in [1.807, 2.05) is 6.92 Å². The van der Waals surface area contributed by atoms with E-state index in [0.29, 0.717) is 17.2 Å².